The molecule has 0 spiro atoms. The largest absolute Gasteiger partial charge is 0.464 e. The van der Waals surface area contributed by atoms with E-state index < -0.39 is 17.7 Å². The number of hydrogen-bond donors (Lipinski definition) is 1. The lowest BCUT2D eigenvalue weighted by molar-refractivity contribution is 0.0522. The van der Waals surface area contributed by atoms with Crippen LogP contribution in [0.4, 0.5) is 4.79 Å². The highest BCUT2D eigenvalue weighted by atomic mass is 127. The molecule has 134 valence electrons. The zero-order chi connectivity index (χ0) is 18.6. The summed E-state index contributed by atoms with van der Waals surface area (Å²) in [4.78, 5) is 27.3. The molecule has 0 radical (unpaired) electrons. The predicted octanol–water partition coefficient (Wildman–Crippen LogP) is 3.76. The Bertz CT molecular complexity index is 780. The van der Waals surface area contributed by atoms with Crippen molar-refractivity contribution >= 4 is 34.7 Å². The average molecular weight is 458 g/mol. The predicted molar refractivity (Wildman–Crippen MR) is 99.1 cm³/mol. The summed E-state index contributed by atoms with van der Waals surface area (Å²) in [6.07, 6.45) is 0.786. The summed E-state index contributed by atoms with van der Waals surface area (Å²) < 4.78 is 16.0. The number of ether oxygens (including phenoxy) is 2. The number of aromatic nitrogens is 1. The van der Waals surface area contributed by atoms with E-state index in [4.69, 9.17) is 9.15 Å². The van der Waals surface area contributed by atoms with Gasteiger partial charge in [0.2, 0.25) is 5.89 Å². The van der Waals surface area contributed by atoms with Gasteiger partial charge in [0.05, 0.1) is 7.11 Å². The summed E-state index contributed by atoms with van der Waals surface area (Å²) in [6.45, 7) is 5.77. The van der Waals surface area contributed by atoms with E-state index in [2.05, 4.69) is 37.6 Å². The molecule has 0 aliphatic heterocycles. The highest BCUT2D eigenvalue weighted by Crippen LogP contribution is 2.23. The van der Waals surface area contributed by atoms with Crippen LogP contribution in [0.15, 0.2) is 28.9 Å². The smallest absolute Gasteiger partial charge is 0.407 e. The van der Waals surface area contributed by atoms with E-state index in [9.17, 15) is 9.59 Å². The summed E-state index contributed by atoms with van der Waals surface area (Å²) >= 11 is 2.16. The number of rotatable bonds is 4. The third-order valence-corrected chi connectivity index (χ3v) is 4.03. The van der Waals surface area contributed by atoms with Crippen LogP contribution in [0.5, 0.6) is 0 Å². The van der Waals surface area contributed by atoms with Crippen molar-refractivity contribution in [1.82, 2.24) is 10.3 Å². The van der Waals surface area contributed by atoms with Gasteiger partial charge in [-0.3, -0.25) is 0 Å². The number of alkyl carbamates (subject to hydrolysis) is 1. The van der Waals surface area contributed by atoms with Gasteiger partial charge in [0.15, 0.2) is 5.69 Å². The summed E-state index contributed by atoms with van der Waals surface area (Å²) in [5.41, 5.74) is 1.22. The maximum atomic E-state index is 11.7. The van der Waals surface area contributed by atoms with Crippen LogP contribution in [0.3, 0.4) is 0 Å². The second-order valence-corrected chi connectivity index (χ2v) is 7.35. The summed E-state index contributed by atoms with van der Waals surface area (Å²) in [5.74, 6) is -0.229. The molecular formula is C17H19IN2O5. The maximum Gasteiger partial charge on any atom is 0.407 e. The van der Waals surface area contributed by atoms with Crippen molar-refractivity contribution in [3.63, 3.8) is 0 Å². The van der Waals surface area contributed by atoms with Crippen LogP contribution in [0, 0.1) is 3.57 Å². The Morgan fingerprint density at radius 1 is 1.32 bits per heavy atom. The minimum Gasteiger partial charge on any atom is -0.464 e. The lowest BCUT2D eigenvalue weighted by atomic mass is 10.1. The summed E-state index contributed by atoms with van der Waals surface area (Å²) in [6, 6.07) is 5.53. The van der Waals surface area contributed by atoms with Crippen molar-refractivity contribution in [3.05, 3.63) is 39.3 Å². The Hall–Kier alpha value is -2.10. The normalized spacial score (nSPS) is 11.1. The monoisotopic (exact) mass is 458 g/mol. The molecule has 0 unspecified atom stereocenters. The van der Waals surface area contributed by atoms with Gasteiger partial charge in [-0.05, 0) is 61.1 Å². The molecule has 7 nitrogen and oxygen atoms in total. The molecule has 2 aromatic rings. The van der Waals surface area contributed by atoms with Gasteiger partial charge in [0.25, 0.3) is 0 Å². The van der Waals surface area contributed by atoms with Gasteiger partial charge in [0.1, 0.15) is 11.9 Å². The molecule has 0 saturated heterocycles. The molecule has 1 aromatic carbocycles. The minimum absolute atomic E-state index is 0.114. The highest BCUT2D eigenvalue weighted by molar-refractivity contribution is 14.1. The van der Waals surface area contributed by atoms with E-state index in [1.54, 1.807) is 6.07 Å². The second kappa shape index (κ2) is 7.85. The molecule has 1 heterocycles. The van der Waals surface area contributed by atoms with Crippen molar-refractivity contribution in [1.29, 1.82) is 0 Å². The van der Waals surface area contributed by atoms with Gasteiger partial charge >= 0.3 is 12.1 Å². The molecular weight excluding hydrogens is 439 g/mol. The van der Waals surface area contributed by atoms with Gasteiger partial charge in [0, 0.05) is 15.7 Å². The van der Waals surface area contributed by atoms with Crippen LogP contribution in [0.1, 0.15) is 36.8 Å². The molecule has 1 amide bonds. The number of methoxy groups -OCH3 is 1. The number of carbonyl (C=O) groups excluding carboxylic acids is 2. The molecule has 2 rings (SSSR count). The van der Waals surface area contributed by atoms with E-state index in [1.807, 2.05) is 32.9 Å². The molecule has 0 atom stereocenters. The first kappa shape index (κ1) is 19.2. The van der Waals surface area contributed by atoms with Crippen LogP contribution in [0.2, 0.25) is 0 Å². The number of hydrogen-bond acceptors (Lipinski definition) is 6. The number of nitrogens with one attached hydrogen (secondary N) is 1. The Labute approximate surface area is 159 Å². The molecule has 0 bridgehead atoms. The molecule has 1 N–H and O–H groups in total. The topological polar surface area (TPSA) is 90.7 Å². The number of benzene rings is 1. The number of nitrogens with zero attached hydrogens (tertiary/aromatic N) is 1. The fourth-order valence-electron chi connectivity index (χ4n) is 1.91. The maximum absolute atomic E-state index is 11.7. The number of oxazole rings is 1. The van der Waals surface area contributed by atoms with E-state index in [0.29, 0.717) is 12.4 Å². The van der Waals surface area contributed by atoms with Gasteiger partial charge in [-0.25, -0.2) is 14.6 Å². The van der Waals surface area contributed by atoms with Crippen molar-refractivity contribution in [3.8, 4) is 11.5 Å². The van der Waals surface area contributed by atoms with Crippen LogP contribution < -0.4 is 5.32 Å². The van der Waals surface area contributed by atoms with Gasteiger partial charge in [-0.2, -0.15) is 0 Å². The van der Waals surface area contributed by atoms with Gasteiger partial charge < -0.3 is 19.2 Å². The zero-order valence-electron chi connectivity index (χ0n) is 14.4. The molecule has 8 heteroatoms. The molecule has 0 aliphatic rings. The van der Waals surface area contributed by atoms with Crippen molar-refractivity contribution in [2.75, 3.05) is 7.11 Å². The molecule has 1 aromatic heterocycles. The van der Waals surface area contributed by atoms with Crippen molar-refractivity contribution < 1.29 is 23.5 Å². The second-order valence-electron chi connectivity index (χ2n) is 6.19. The third-order valence-electron chi connectivity index (χ3n) is 3.02. The Morgan fingerprint density at radius 2 is 2.04 bits per heavy atom. The summed E-state index contributed by atoms with van der Waals surface area (Å²) in [5, 5.41) is 2.72. The molecule has 0 saturated carbocycles. The van der Waals surface area contributed by atoms with Gasteiger partial charge in [-0.1, -0.05) is 6.07 Å². The lowest BCUT2D eigenvalue weighted by Crippen LogP contribution is -2.32. The van der Waals surface area contributed by atoms with Crippen LogP contribution >= 0.6 is 22.6 Å². The molecule has 0 fully saturated rings. The van der Waals surface area contributed by atoms with Crippen molar-refractivity contribution in [2.45, 2.75) is 32.9 Å². The average Bonchev–Trinajstić information content (AvgIpc) is 3.01. The first-order chi connectivity index (χ1) is 11.7. The lowest BCUT2D eigenvalue weighted by Gasteiger charge is -2.19. The van der Waals surface area contributed by atoms with E-state index in [-0.39, 0.29) is 5.69 Å². The number of esters is 1. The number of amides is 1. The number of carbonyl (C=O) groups is 2. The Balaban J connectivity index is 2.06. The summed E-state index contributed by atoms with van der Waals surface area (Å²) in [7, 11) is 1.28. The Kier molecular flexibility index (Phi) is 6.04. The van der Waals surface area contributed by atoms with Crippen LogP contribution in [-0.4, -0.2) is 29.8 Å². The molecule has 25 heavy (non-hydrogen) atoms. The van der Waals surface area contributed by atoms with E-state index in [1.165, 1.54) is 13.4 Å². The quantitative estimate of drug-likeness (QED) is 0.555. The van der Waals surface area contributed by atoms with Gasteiger partial charge in [-0.15, -0.1) is 0 Å². The minimum atomic E-state index is -0.553. The third kappa shape index (κ3) is 5.45. The van der Waals surface area contributed by atoms with Crippen LogP contribution in [-0.2, 0) is 16.0 Å². The van der Waals surface area contributed by atoms with E-state index >= 15 is 0 Å². The van der Waals surface area contributed by atoms with Crippen LogP contribution in [0.25, 0.3) is 11.5 Å². The van der Waals surface area contributed by atoms with Crippen molar-refractivity contribution in [2.24, 2.45) is 0 Å². The SMILES string of the molecule is COC(=O)c1coc(-c2ccc(CNC(=O)OC(C)(C)C)c(I)c2)n1. The standard InChI is InChI=1S/C17H19IN2O5/c1-17(2,3)25-16(22)19-8-11-6-5-10(7-12(11)18)14-20-13(9-24-14)15(21)23-4/h5-7,9H,8H2,1-4H3,(H,19,22). The molecule has 0 aliphatic carbocycles. The highest BCUT2D eigenvalue weighted by Gasteiger charge is 2.17. The number of halogens is 1. The fraction of sp³-hybridized carbons (Fsp3) is 0.353. The first-order valence-electron chi connectivity index (χ1n) is 7.49. The zero-order valence-corrected chi connectivity index (χ0v) is 16.5. The fourth-order valence-corrected chi connectivity index (χ4v) is 2.62. The first-order valence-corrected chi connectivity index (χ1v) is 8.57. The Morgan fingerprint density at radius 3 is 2.64 bits per heavy atom. The van der Waals surface area contributed by atoms with E-state index in [0.717, 1.165) is 14.7 Å².